The van der Waals surface area contributed by atoms with Crippen LogP contribution in [0.1, 0.15) is 26.5 Å². The highest BCUT2D eigenvalue weighted by Gasteiger charge is 2.38. The number of carbonyl (C=O) groups is 2. The largest absolute Gasteiger partial charge is 0.465 e. The van der Waals surface area contributed by atoms with E-state index in [0.717, 1.165) is 4.47 Å². The van der Waals surface area contributed by atoms with Crippen LogP contribution in [0.25, 0.3) is 0 Å². The zero-order chi connectivity index (χ0) is 17.2. The number of hydrogen-bond acceptors (Lipinski definition) is 6. The summed E-state index contributed by atoms with van der Waals surface area (Å²) >= 11 is 3.32. The van der Waals surface area contributed by atoms with Crippen LogP contribution in [0, 0.1) is 5.92 Å². The first-order valence-corrected chi connectivity index (χ1v) is 8.38. The van der Waals surface area contributed by atoms with Gasteiger partial charge in [0.05, 0.1) is 19.3 Å². The molecule has 1 rings (SSSR count). The maximum Gasteiger partial charge on any atom is 0.323 e. The molecular formula is C16H22BrNO5. The van der Waals surface area contributed by atoms with Crippen LogP contribution in [0.4, 0.5) is 0 Å². The van der Waals surface area contributed by atoms with E-state index in [4.69, 9.17) is 14.2 Å². The molecule has 0 aromatic carbocycles. The highest BCUT2D eigenvalue weighted by atomic mass is 79.9. The van der Waals surface area contributed by atoms with Crippen LogP contribution < -0.4 is 0 Å². The average molecular weight is 388 g/mol. The van der Waals surface area contributed by atoms with E-state index in [1.807, 2.05) is 12.1 Å². The highest BCUT2D eigenvalue weighted by molar-refractivity contribution is 9.10. The Morgan fingerprint density at radius 2 is 1.70 bits per heavy atom. The molecule has 0 aliphatic carbocycles. The summed E-state index contributed by atoms with van der Waals surface area (Å²) in [5.74, 6) is -2.40. The fourth-order valence-corrected chi connectivity index (χ4v) is 2.32. The SMILES string of the molecule is CCOC(=O)C(C(=O)OCC)C(Cc1ccc(Br)cn1)OCC. The third kappa shape index (κ3) is 6.27. The van der Waals surface area contributed by atoms with Crippen molar-refractivity contribution in [3.05, 3.63) is 28.5 Å². The van der Waals surface area contributed by atoms with Gasteiger partial charge >= 0.3 is 11.9 Å². The van der Waals surface area contributed by atoms with Crippen LogP contribution >= 0.6 is 15.9 Å². The third-order valence-corrected chi connectivity index (χ3v) is 3.50. The molecule has 1 aromatic rings. The number of pyridine rings is 1. The van der Waals surface area contributed by atoms with Gasteiger partial charge in [-0.15, -0.1) is 0 Å². The Kier molecular flexibility index (Phi) is 8.79. The smallest absolute Gasteiger partial charge is 0.323 e. The quantitative estimate of drug-likeness (QED) is 0.478. The number of esters is 2. The Hall–Kier alpha value is -1.47. The first-order chi connectivity index (χ1) is 11.0. The highest BCUT2D eigenvalue weighted by Crippen LogP contribution is 2.18. The van der Waals surface area contributed by atoms with Crippen molar-refractivity contribution in [2.75, 3.05) is 19.8 Å². The lowest BCUT2D eigenvalue weighted by Gasteiger charge is -2.23. The van der Waals surface area contributed by atoms with Crippen molar-refractivity contribution in [1.82, 2.24) is 4.98 Å². The fraction of sp³-hybridized carbons (Fsp3) is 0.562. The Balaban J connectivity index is 3.00. The van der Waals surface area contributed by atoms with E-state index >= 15 is 0 Å². The van der Waals surface area contributed by atoms with E-state index in [9.17, 15) is 9.59 Å². The summed E-state index contributed by atoms with van der Waals surface area (Å²) in [6.07, 6.45) is 1.28. The molecular weight excluding hydrogens is 366 g/mol. The predicted molar refractivity (Wildman–Crippen MR) is 87.8 cm³/mol. The van der Waals surface area contributed by atoms with Gasteiger partial charge in [-0.1, -0.05) is 0 Å². The number of rotatable bonds is 9. The Bertz CT molecular complexity index is 488. The topological polar surface area (TPSA) is 74.7 Å². The number of carbonyl (C=O) groups excluding carboxylic acids is 2. The minimum absolute atomic E-state index is 0.185. The molecule has 1 aromatic heterocycles. The maximum absolute atomic E-state index is 12.2. The average Bonchev–Trinajstić information content (AvgIpc) is 2.50. The van der Waals surface area contributed by atoms with E-state index in [1.165, 1.54) is 0 Å². The summed E-state index contributed by atoms with van der Waals surface area (Å²) in [6.45, 7) is 5.90. The minimum Gasteiger partial charge on any atom is -0.465 e. The van der Waals surface area contributed by atoms with Crippen molar-refractivity contribution in [3.63, 3.8) is 0 Å². The lowest BCUT2D eigenvalue weighted by molar-refractivity contribution is -0.169. The molecule has 0 spiro atoms. The molecule has 0 aliphatic rings. The van der Waals surface area contributed by atoms with Gasteiger partial charge in [-0.2, -0.15) is 0 Å². The van der Waals surface area contributed by atoms with Crippen LogP contribution in [-0.2, 0) is 30.2 Å². The predicted octanol–water partition coefficient (Wildman–Crippen LogP) is 2.53. The van der Waals surface area contributed by atoms with Gasteiger partial charge in [-0.05, 0) is 48.8 Å². The molecule has 7 heteroatoms. The van der Waals surface area contributed by atoms with Crippen molar-refractivity contribution < 1.29 is 23.8 Å². The molecule has 0 saturated heterocycles. The number of hydrogen-bond donors (Lipinski definition) is 0. The lowest BCUT2D eigenvalue weighted by Crippen LogP contribution is -2.40. The minimum atomic E-state index is -1.12. The van der Waals surface area contributed by atoms with Crippen LogP contribution in [-0.4, -0.2) is 42.8 Å². The molecule has 23 heavy (non-hydrogen) atoms. The molecule has 0 N–H and O–H groups in total. The van der Waals surface area contributed by atoms with Gasteiger partial charge in [-0.3, -0.25) is 14.6 Å². The second-order valence-electron chi connectivity index (χ2n) is 4.65. The van der Waals surface area contributed by atoms with Crippen LogP contribution in [0.15, 0.2) is 22.8 Å². The van der Waals surface area contributed by atoms with E-state index in [1.54, 1.807) is 27.0 Å². The normalized spacial score (nSPS) is 12.0. The molecule has 0 aliphatic heterocycles. The van der Waals surface area contributed by atoms with Crippen LogP contribution in [0.2, 0.25) is 0 Å². The monoisotopic (exact) mass is 387 g/mol. The molecule has 128 valence electrons. The number of nitrogens with zero attached hydrogens (tertiary/aromatic N) is 1. The van der Waals surface area contributed by atoms with E-state index in [-0.39, 0.29) is 13.2 Å². The van der Waals surface area contributed by atoms with Gasteiger partial charge in [-0.25, -0.2) is 0 Å². The summed E-state index contributed by atoms with van der Waals surface area (Å²) in [7, 11) is 0. The van der Waals surface area contributed by atoms with Crippen molar-refractivity contribution in [2.24, 2.45) is 5.92 Å². The summed E-state index contributed by atoms with van der Waals surface area (Å²) in [4.78, 5) is 28.6. The number of ether oxygens (including phenoxy) is 3. The van der Waals surface area contributed by atoms with Gasteiger partial charge in [0.25, 0.3) is 0 Å². The van der Waals surface area contributed by atoms with Gasteiger partial charge in [0.1, 0.15) is 0 Å². The lowest BCUT2D eigenvalue weighted by atomic mass is 9.97. The second kappa shape index (κ2) is 10.3. The van der Waals surface area contributed by atoms with E-state index < -0.39 is 24.0 Å². The third-order valence-electron chi connectivity index (χ3n) is 3.03. The molecule has 0 amide bonds. The molecule has 0 fully saturated rings. The van der Waals surface area contributed by atoms with E-state index in [2.05, 4.69) is 20.9 Å². The van der Waals surface area contributed by atoms with E-state index in [0.29, 0.717) is 18.7 Å². The van der Waals surface area contributed by atoms with Gasteiger partial charge in [0.15, 0.2) is 5.92 Å². The Morgan fingerprint density at radius 3 is 2.13 bits per heavy atom. The molecule has 1 atom stereocenters. The molecule has 0 saturated carbocycles. The fourth-order valence-electron chi connectivity index (χ4n) is 2.08. The first-order valence-electron chi connectivity index (χ1n) is 7.58. The van der Waals surface area contributed by atoms with Crippen molar-refractivity contribution in [3.8, 4) is 0 Å². The van der Waals surface area contributed by atoms with Gasteiger partial charge in [0, 0.05) is 29.4 Å². The number of halogens is 1. The summed E-state index contributed by atoms with van der Waals surface area (Å²) in [5, 5.41) is 0. The Labute approximate surface area is 144 Å². The summed E-state index contributed by atoms with van der Waals surface area (Å²) < 4.78 is 16.5. The Morgan fingerprint density at radius 1 is 1.09 bits per heavy atom. The van der Waals surface area contributed by atoms with Crippen molar-refractivity contribution in [1.29, 1.82) is 0 Å². The second-order valence-corrected chi connectivity index (χ2v) is 5.56. The summed E-state index contributed by atoms with van der Waals surface area (Å²) in [5.41, 5.74) is 0.713. The van der Waals surface area contributed by atoms with Gasteiger partial charge < -0.3 is 14.2 Å². The zero-order valence-electron chi connectivity index (χ0n) is 13.6. The molecule has 1 unspecified atom stereocenters. The first kappa shape index (κ1) is 19.6. The molecule has 1 heterocycles. The van der Waals surface area contributed by atoms with Crippen LogP contribution in [0.5, 0.6) is 0 Å². The maximum atomic E-state index is 12.2. The molecule has 6 nitrogen and oxygen atoms in total. The van der Waals surface area contributed by atoms with Crippen LogP contribution in [0.3, 0.4) is 0 Å². The van der Waals surface area contributed by atoms with Crippen molar-refractivity contribution in [2.45, 2.75) is 33.3 Å². The zero-order valence-corrected chi connectivity index (χ0v) is 15.2. The van der Waals surface area contributed by atoms with Crippen molar-refractivity contribution >= 4 is 27.9 Å². The standard InChI is InChI=1S/C16H22BrNO5/c1-4-21-13(9-12-8-7-11(17)10-18-12)14(15(19)22-5-2)16(20)23-6-3/h7-8,10,13-14H,4-6,9H2,1-3H3. The molecule has 0 bridgehead atoms. The number of aromatic nitrogens is 1. The molecule has 0 radical (unpaired) electrons. The summed E-state index contributed by atoms with van der Waals surface area (Å²) in [6, 6.07) is 3.65. The van der Waals surface area contributed by atoms with Gasteiger partial charge in [0.2, 0.25) is 0 Å².